The number of carbonyl (C=O) groups is 3. The lowest BCUT2D eigenvalue weighted by molar-refractivity contribution is -0.319. The summed E-state index contributed by atoms with van der Waals surface area (Å²) in [5, 5.41) is 114. The van der Waals surface area contributed by atoms with Crippen molar-refractivity contribution in [1.82, 2.24) is 9.80 Å². The maximum absolute atomic E-state index is 14.8. The van der Waals surface area contributed by atoms with Crippen LogP contribution in [0.5, 0.6) is 0 Å². The molecule has 31 nitrogen and oxygen atoms in total. The van der Waals surface area contributed by atoms with Gasteiger partial charge < -0.3 is 122 Å². The standard InChI is InChI=1S/C81H145N3O28/c1-27-56-80(19,95)66(88)46(7)60(82-102-41-101-34-33-97-23)42(3)37-76(15,94)70(48(9)64(50(11)72(92)107-56)109-58-39-77(16,98-24)68(90)52(13)105-58)111-74-62(86)54(35-44(5)103-74)83(21)31-29-30-32-84(22)55-36-45(6)104-75(63(55)87)112-71-49(10)65(110-59-40-78(17,99-25)69(91)53(14)106-59)51(12)73(93)108-57(28-2)81(20,96)67(89)47(8)61(85)43(4)38-79(71,18)100-26/h29-30,42-59,62-71,74-75,86-91,94-96H,27-28,31-41H2,1-26H3/b30-29+,82-60+/t42-,43-,44?,45?,46+,47+,48+,49+,50-,51-,52?,53?,54?,55?,56-,57-,58?,59?,62?,63?,64+,65+,66-,67-,68?,69?,70-,71-,74?,75?,76+,77?,78?,79+,80-,81-/m1/s1. The smallest absolute Gasteiger partial charge is 0.311 e. The highest BCUT2D eigenvalue weighted by molar-refractivity contribution is 5.89. The van der Waals surface area contributed by atoms with Gasteiger partial charge in [0.2, 0.25) is 6.79 Å². The van der Waals surface area contributed by atoms with Gasteiger partial charge in [0.15, 0.2) is 25.2 Å². The third kappa shape index (κ3) is 22.9. The summed E-state index contributed by atoms with van der Waals surface area (Å²) in [6, 6.07) is -1.18. The molecule has 0 bridgehead atoms. The van der Waals surface area contributed by atoms with Crippen molar-refractivity contribution in [2.75, 3.05) is 75.6 Å². The van der Waals surface area contributed by atoms with E-state index in [4.69, 9.17) is 75.9 Å². The predicted molar refractivity (Wildman–Crippen MR) is 411 cm³/mol. The van der Waals surface area contributed by atoms with E-state index >= 15 is 0 Å². The molecule has 9 N–H and O–H groups in total. The number of ether oxygens (including phenoxy) is 15. The first-order valence-electron chi connectivity index (χ1n) is 40.5. The van der Waals surface area contributed by atoms with Crippen molar-refractivity contribution in [3.05, 3.63) is 12.2 Å². The Bertz CT molecular complexity index is 2990. The summed E-state index contributed by atoms with van der Waals surface area (Å²) < 4.78 is 94.8. The van der Waals surface area contributed by atoms with Crippen molar-refractivity contribution in [3.8, 4) is 0 Å². The summed E-state index contributed by atoms with van der Waals surface area (Å²) in [6.45, 7) is 34.3. The van der Waals surface area contributed by atoms with Gasteiger partial charge in [-0.05, 0) is 136 Å². The Morgan fingerprint density at radius 3 is 1.32 bits per heavy atom. The van der Waals surface area contributed by atoms with Gasteiger partial charge in [0.25, 0.3) is 0 Å². The molecule has 16 unspecified atom stereocenters. The number of aliphatic hydroxyl groups is 9. The lowest BCUT2D eigenvalue weighted by Crippen LogP contribution is -2.61. The van der Waals surface area contributed by atoms with Crippen LogP contribution < -0.4 is 0 Å². The Morgan fingerprint density at radius 1 is 0.500 bits per heavy atom. The zero-order valence-electron chi connectivity index (χ0n) is 71.8. The first kappa shape index (κ1) is 97.7. The van der Waals surface area contributed by atoms with Gasteiger partial charge in [0.1, 0.15) is 53.6 Å². The van der Waals surface area contributed by atoms with Gasteiger partial charge in [0.05, 0.1) is 114 Å². The minimum absolute atomic E-state index is 0.00207. The molecule has 0 aromatic heterocycles. The van der Waals surface area contributed by atoms with E-state index in [1.807, 2.05) is 56.8 Å². The van der Waals surface area contributed by atoms with Gasteiger partial charge in [-0.1, -0.05) is 72.7 Å². The average Bonchev–Trinajstić information content (AvgIpc) is 0.775. The number of ketones is 1. The van der Waals surface area contributed by atoms with Crippen LogP contribution in [0, 0.1) is 47.3 Å². The van der Waals surface area contributed by atoms with Crippen molar-refractivity contribution >= 4 is 23.4 Å². The first-order valence-corrected chi connectivity index (χ1v) is 40.5. The molecule has 0 aromatic rings. The fraction of sp³-hybridized carbons (Fsp3) is 0.926. The van der Waals surface area contributed by atoms with Crippen LogP contribution in [0.15, 0.2) is 17.3 Å². The largest absolute Gasteiger partial charge is 0.459 e. The highest BCUT2D eigenvalue weighted by Gasteiger charge is 2.58. The summed E-state index contributed by atoms with van der Waals surface area (Å²) in [7, 11) is 9.68. The molecule has 652 valence electrons. The Hall–Kier alpha value is -3.14. The summed E-state index contributed by atoms with van der Waals surface area (Å²) >= 11 is 0. The molecule has 0 radical (unpaired) electrons. The highest BCUT2D eigenvalue weighted by atomic mass is 16.8. The molecule has 0 spiro atoms. The molecule has 6 fully saturated rings. The minimum atomic E-state index is -2.06. The van der Waals surface area contributed by atoms with Crippen LogP contribution in [0.1, 0.15) is 190 Å². The van der Waals surface area contributed by atoms with E-state index in [1.165, 1.54) is 49.2 Å². The van der Waals surface area contributed by atoms with E-state index in [0.29, 0.717) is 25.9 Å². The Labute approximate surface area is 665 Å². The normalized spacial score (nSPS) is 46.9. The van der Waals surface area contributed by atoms with Gasteiger partial charge in [-0.15, -0.1) is 0 Å². The van der Waals surface area contributed by atoms with Gasteiger partial charge >= 0.3 is 11.9 Å². The number of aliphatic hydroxyl groups excluding tert-OH is 6. The molecule has 6 saturated heterocycles. The Morgan fingerprint density at radius 2 is 0.911 bits per heavy atom. The van der Waals surface area contributed by atoms with E-state index in [2.05, 4.69) is 5.16 Å². The average molecular weight is 1610 g/mol. The summed E-state index contributed by atoms with van der Waals surface area (Å²) in [5.74, 6) is -9.82. The lowest BCUT2D eigenvalue weighted by atomic mass is 9.73. The second-order valence-electron chi connectivity index (χ2n) is 34.8. The molecule has 6 aliphatic heterocycles. The van der Waals surface area contributed by atoms with Gasteiger partial charge in [-0.2, -0.15) is 0 Å². The minimum Gasteiger partial charge on any atom is -0.459 e. The summed E-state index contributed by atoms with van der Waals surface area (Å²) in [6.07, 6.45) is -18.2. The zero-order chi connectivity index (χ0) is 84.4. The van der Waals surface area contributed by atoms with Crippen molar-refractivity contribution in [2.45, 2.75) is 358 Å². The second kappa shape index (κ2) is 41.2. The predicted octanol–water partition coefficient (Wildman–Crippen LogP) is 4.96. The number of hydrogen-bond donors (Lipinski definition) is 9. The molecule has 0 aliphatic carbocycles. The van der Waals surface area contributed by atoms with E-state index in [1.54, 1.807) is 96.9 Å². The third-order valence-electron chi connectivity index (χ3n) is 25.6. The van der Waals surface area contributed by atoms with E-state index in [9.17, 15) is 60.3 Å². The van der Waals surface area contributed by atoms with Crippen molar-refractivity contribution in [1.29, 1.82) is 0 Å². The van der Waals surface area contributed by atoms with Crippen LogP contribution in [0.25, 0.3) is 0 Å². The lowest BCUT2D eigenvalue weighted by Gasteiger charge is -2.50. The maximum Gasteiger partial charge on any atom is 0.311 e. The monoisotopic (exact) mass is 1610 g/mol. The molecular formula is C81H145N3O28. The molecule has 36 atom stereocenters. The van der Waals surface area contributed by atoms with Crippen molar-refractivity contribution < 1.29 is 136 Å². The van der Waals surface area contributed by atoms with Crippen molar-refractivity contribution in [3.63, 3.8) is 0 Å². The number of nitrogens with zero attached hydrogens (tertiary/aromatic N) is 3. The second-order valence-corrected chi connectivity index (χ2v) is 34.8. The fourth-order valence-corrected chi connectivity index (χ4v) is 18.1. The van der Waals surface area contributed by atoms with Crippen LogP contribution in [0.3, 0.4) is 0 Å². The number of cyclic esters (lactones) is 2. The number of rotatable bonds is 25. The van der Waals surface area contributed by atoms with Gasteiger partial charge in [-0.3, -0.25) is 24.2 Å². The molecule has 0 amide bonds. The topological polar surface area (TPSA) is 400 Å². The van der Waals surface area contributed by atoms with E-state index < -0.39 is 234 Å². The van der Waals surface area contributed by atoms with Crippen LogP contribution in [0.4, 0.5) is 0 Å². The number of carbonyl (C=O) groups excluding carboxylic acids is 3. The SMILES string of the molecule is CC[C@H]1OC(=O)[C@H](C)[C@@H](OC2CC(C)(OC)C(O)C(C)O2)[C@H](C)[C@@H](OC2OC(C)CC(N(C)C/C=C/CN(C)C3CC(C)OC(O[C@@H]4[C@@H](C)[C@H](OC5CC(C)(OC)C(O)C(C)O5)[C@@H](C)C(=O)O[C@H](CC)[C@@](C)(O)[C@H](O)[C@@H](C)/C(=N/OCOCCOC)[C@H](C)C[C@]4(C)O)C3O)C2O)[C@@](C)(OC)C[C@@H](C)C(=O)[C@H](C)[C@@H](O)[C@]1(C)O. The maximum atomic E-state index is 14.8. The molecule has 6 rings (SSSR count). The zero-order valence-corrected chi connectivity index (χ0v) is 71.8. The quantitative estimate of drug-likeness (QED) is 0.0192. The number of likely N-dealkylation sites (N-methyl/N-ethyl adjacent to an activating group) is 2. The summed E-state index contributed by atoms with van der Waals surface area (Å²) in [4.78, 5) is 53.7. The third-order valence-corrected chi connectivity index (χ3v) is 25.6. The fourth-order valence-electron chi connectivity index (χ4n) is 18.1. The van der Waals surface area contributed by atoms with E-state index in [0.717, 1.165) is 0 Å². The van der Waals surface area contributed by atoms with Gasteiger partial charge in [-0.25, -0.2) is 0 Å². The number of methoxy groups -OCH3 is 4. The number of esters is 2. The molecular weight excluding hydrogens is 1460 g/mol. The number of hydrogen-bond acceptors (Lipinski definition) is 31. The Balaban J connectivity index is 1.30. The molecule has 0 aromatic carbocycles. The Kier molecular flexibility index (Phi) is 36.0. The first-order chi connectivity index (χ1) is 52.1. The molecule has 6 aliphatic rings. The number of Topliss-reactive ketones (excluding diaryl/α,β-unsaturated/α-hetero) is 1. The van der Waals surface area contributed by atoms with Crippen LogP contribution in [-0.4, -0.2) is 323 Å². The van der Waals surface area contributed by atoms with Gasteiger partial charge in [0, 0.05) is 102 Å². The molecule has 112 heavy (non-hydrogen) atoms. The molecule has 6 heterocycles. The molecule has 31 heteroatoms. The van der Waals surface area contributed by atoms with E-state index in [-0.39, 0.29) is 64.2 Å². The highest BCUT2D eigenvalue weighted by Crippen LogP contribution is 2.45. The van der Waals surface area contributed by atoms with Crippen LogP contribution in [0.2, 0.25) is 0 Å². The van der Waals surface area contributed by atoms with Crippen LogP contribution in [-0.2, 0) is 90.3 Å². The number of oxime groups is 1. The van der Waals surface area contributed by atoms with Crippen molar-refractivity contribution in [2.24, 2.45) is 52.5 Å². The molecule has 0 saturated carbocycles. The van der Waals surface area contributed by atoms with Crippen LogP contribution >= 0.6 is 0 Å². The summed E-state index contributed by atoms with van der Waals surface area (Å²) in [5.41, 5.74) is -9.53.